The average Bonchev–Trinajstić information content (AvgIpc) is 3.04. The zero-order valence-electron chi connectivity index (χ0n) is 11.2. The zero-order valence-corrected chi connectivity index (χ0v) is 12.1. The first-order valence-electron chi connectivity index (χ1n) is 6.80. The Bertz CT molecular complexity index is 385. The molecule has 2 rings (SSSR count). The highest BCUT2D eigenvalue weighted by molar-refractivity contribution is 7.86. The lowest BCUT2D eigenvalue weighted by Gasteiger charge is -2.36. The van der Waals surface area contributed by atoms with Crippen LogP contribution in [0.2, 0.25) is 0 Å². The van der Waals surface area contributed by atoms with Crippen LogP contribution in [-0.2, 0) is 10.2 Å². The molecule has 6 heteroatoms. The van der Waals surface area contributed by atoms with Gasteiger partial charge in [0.05, 0.1) is 6.61 Å². The van der Waals surface area contributed by atoms with Crippen molar-refractivity contribution in [1.29, 1.82) is 0 Å². The Balaban J connectivity index is 2.03. The Morgan fingerprint density at radius 2 is 2.06 bits per heavy atom. The number of hydrogen-bond donors (Lipinski definition) is 1. The summed E-state index contributed by atoms with van der Waals surface area (Å²) in [4.78, 5) is 0. The van der Waals surface area contributed by atoms with Gasteiger partial charge in [-0.1, -0.05) is 13.3 Å². The maximum Gasteiger partial charge on any atom is 0.282 e. The van der Waals surface area contributed by atoms with Gasteiger partial charge in [-0.2, -0.15) is 17.0 Å². The van der Waals surface area contributed by atoms with E-state index in [0.29, 0.717) is 24.9 Å². The van der Waals surface area contributed by atoms with Crippen LogP contribution >= 0.6 is 0 Å². The van der Waals surface area contributed by atoms with E-state index in [9.17, 15) is 13.5 Å². The van der Waals surface area contributed by atoms with Crippen LogP contribution in [-0.4, -0.2) is 54.9 Å². The molecule has 1 saturated carbocycles. The van der Waals surface area contributed by atoms with E-state index in [1.54, 1.807) is 7.05 Å². The minimum absolute atomic E-state index is 0.0765. The molecule has 2 aliphatic rings. The summed E-state index contributed by atoms with van der Waals surface area (Å²) in [7, 11) is -1.74. The molecule has 0 spiro atoms. The van der Waals surface area contributed by atoms with E-state index in [2.05, 4.69) is 6.92 Å². The molecule has 3 atom stereocenters. The van der Waals surface area contributed by atoms with E-state index >= 15 is 0 Å². The third kappa shape index (κ3) is 2.87. The van der Waals surface area contributed by atoms with Gasteiger partial charge in [0.1, 0.15) is 0 Å². The van der Waals surface area contributed by atoms with Crippen molar-refractivity contribution >= 4 is 10.2 Å². The van der Waals surface area contributed by atoms with Crippen LogP contribution in [0.5, 0.6) is 0 Å². The molecule has 0 radical (unpaired) electrons. The number of aliphatic hydroxyl groups excluding tert-OH is 1. The molecule has 18 heavy (non-hydrogen) atoms. The highest BCUT2D eigenvalue weighted by Gasteiger charge is 2.39. The van der Waals surface area contributed by atoms with Crippen molar-refractivity contribution in [2.45, 2.75) is 38.6 Å². The van der Waals surface area contributed by atoms with Crippen LogP contribution in [0.25, 0.3) is 0 Å². The molecule has 1 saturated heterocycles. The number of piperidine rings is 1. The van der Waals surface area contributed by atoms with Gasteiger partial charge in [-0.15, -0.1) is 0 Å². The first-order valence-corrected chi connectivity index (χ1v) is 8.20. The van der Waals surface area contributed by atoms with Gasteiger partial charge in [-0.3, -0.25) is 0 Å². The topological polar surface area (TPSA) is 60.9 Å². The molecular weight excluding hydrogens is 252 g/mol. The third-order valence-corrected chi connectivity index (χ3v) is 6.25. The predicted molar refractivity (Wildman–Crippen MR) is 70.3 cm³/mol. The van der Waals surface area contributed by atoms with Gasteiger partial charge < -0.3 is 5.11 Å². The van der Waals surface area contributed by atoms with E-state index < -0.39 is 10.2 Å². The largest absolute Gasteiger partial charge is 0.395 e. The van der Waals surface area contributed by atoms with Crippen LogP contribution in [0.1, 0.15) is 32.6 Å². The lowest BCUT2D eigenvalue weighted by molar-refractivity contribution is 0.149. The molecule has 0 aromatic heterocycles. The van der Waals surface area contributed by atoms with Gasteiger partial charge >= 0.3 is 0 Å². The summed E-state index contributed by atoms with van der Waals surface area (Å²) in [5.41, 5.74) is 0. The van der Waals surface area contributed by atoms with Gasteiger partial charge in [0, 0.05) is 26.2 Å². The predicted octanol–water partition coefficient (Wildman–Crippen LogP) is 0.666. The Kier molecular flexibility index (Phi) is 4.31. The van der Waals surface area contributed by atoms with Gasteiger partial charge in [0.25, 0.3) is 10.2 Å². The summed E-state index contributed by atoms with van der Waals surface area (Å²) < 4.78 is 27.9. The van der Waals surface area contributed by atoms with Gasteiger partial charge in [0.2, 0.25) is 0 Å². The summed E-state index contributed by atoms with van der Waals surface area (Å²) >= 11 is 0. The monoisotopic (exact) mass is 276 g/mol. The lowest BCUT2D eigenvalue weighted by Crippen LogP contribution is -2.51. The van der Waals surface area contributed by atoms with E-state index in [1.807, 2.05) is 0 Å². The summed E-state index contributed by atoms with van der Waals surface area (Å²) in [6.07, 6.45) is 3.79. The Labute approximate surface area is 110 Å². The number of aliphatic hydroxyl groups is 1. The number of hydrogen-bond acceptors (Lipinski definition) is 3. The van der Waals surface area contributed by atoms with Crippen LogP contribution < -0.4 is 0 Å². The zero-order chi connectivity index (χ0) is 13.3. The van der Waals surface area contributed by atoms with Crippen molar-refractivity contribution in [3.63, 3.8) is 0 Å². The van der Waals surface area contributed by atoms with Crippen LogP contribution in [0.4, 0.5) is 0 Å². The summed E-state index contributed by atoms with van der Waals surface area (Å²) in [6, 6.07) is -0.233. The fourth-order valence-corrected chi connectivity index (χ4v) is 4.36. The van der Waals surface area contributed by atoms with Crippen molar-refractivity contribution in [1.82, 2.24) is 8.61 Å². The normalized spacial score (nSPS) is 33.9. The summed E-state index contributed by atoms with van der Waals surface area (Å²) in [5, 5.41) is 9.32. The smallest absolute Gasteiger partial charge is 0.282 e. The molecule has 0 bridgehead atoms. The van der Waals surface area contributed by atoms with Gasteiger partial charge in [0.15, 0.2) is 0 Å². The summed E-state index contributed by atoms with van der Waals surface area (Å²) in [6.45, 7) is 3.23. The Morgan fingerprint density at radius 3 is 2.61 bits per heavy atom. The molecule has 1 heterocycles. The van der Waals surface area contributed by atoms with Gasteiger partial charge in [-0.25, -0.2) is 0 Å². The second kappa shape index (κ2) is 5.45. The Hall–Kier alpha value is -0.170. The maximum atomic E-state index is 12.5. The number of rotatable bonds is 5. The van der Waals surface area contributed by atoms with E-state index in [0.717, 1.165) is 25.7 Å². The van der Waals surface area contributed by atoms with E-state index in [4.69, 9.17) is 0 Å². The first kappa shape index (κ1) is 14.2. The fraction of sp³-hybridized carbons (Fsp3) is 1.00. The molecule has 3 unspecified atom stereocenters. The highest BCUT2D eigenvalue weighted by atomic mass is 32.2. The molecule has 5 nitrogen and oxygen atoms in total. The molecular formula is C12H24N2O3S. The Morgan fingerprint density at radius 1 is 1.39 bits per heavy atom. The molecule has 0 aromatic carbocycles. The maximum absolute atomic E-state index is 12.5. The minimum Gasteiger partial charge on any atom is -0.395 e. The second-order valence-electron chi connectivity index (χ2n) is 5.70. The molecule has 2 fully saturated rings. The molecule has 0 aromatic rings. The van der Waals surface area contributed by atoms with Gasteiger partial charge in [-0.05, 0) is 31.1 Å². The summed E-state index contributed by atoms with van der Waals surface area (Å²) in [5.74, 6) is 1.17. The van der Waals surface area contributed by atoms with Crippen molar-refractivity contribution in [3.05, 3.63) is 0 Å². The molecule has 1 N–H and O–H groups in total. The van der Waals surface area contributed by atoms with E-state index in [-0.39, 0.29) is 12.6 Å². The highest BCUT2D eigenvalue weighted by Crippen LogP contribution is 2.38. The van der Waals surface area contributed by atoms with E-state index in [1.165, 1.54) is 8.61 Å². The third-order valence-electron chi connectivity index (χ3n) is 4.24. The fourth-order valence-electron chi connectivity index (χ4n) is 2.72. The first-order chi connectivity index (χ1) is 8.46. The average molecular weight is 276 g/mol. The second-order valence-corrected chi connectivity index (χ2v) is 7.69. The number of nitrogens with zero attached hydrogens (tertiary/aromatic N) is 2. The molecule has 1 aliphatic heterocycles. The molecule has 0 amide bonds. The van der Waals surface area contributed by atoms with Crippen LogP contribution in [0.3, 0.4) is 0 Å². The van der Waals surface area contributed by atoms with Crippen molar-refractivity contribution < 1.29 is 13.5 Å². The lowest BCUT2D eigenvalue weighted by atomic mass is 10.1. The van der Waals surface area contributed by atoms with Crippen LogP contribution in [0, 0.1) is 11.8 Å². The minimum atomic E-state index is -3.40. The van der Waals surface area contributed by atoms with Crippen LogP contribution in [0.15, 0.2) is 0 Å². The van der Waals surface area contributed by atoms with Crippen molar-refractivity contribution in [2.75, 3.05) is 26.7 Å². The molecule has 1 aliphatic carbocycles. The SMILES string of the molecule is CC1CC1CN(C)S(=O)(=O)N1CCCCC1CO. The van der Waals surface area contributed by atoms with Crippen molar-refractivity contribution in [3.8, 4) is 0 Å². The quantitative estimate of drug-likeness (QED) is 0.802. The van der Waals surface area contributed by atoms with Crippen molar-refractivity contribution in [2.24, 2.45) is 11.8 Å². The standard InChI is InChI=1S/C12H24N2O3S/c1-10-7-11(10)8-13(2)18(16,17)14-6-4-3-5-12(14)9-15/h10-12,15H,3-9H2,1-2H3. The molecule has 106 valence electrons.